The lowest BCUT2D eigenvalue weighted by Crippen LogP contribution is -2.45. The van der Waals surface area contributed by atoms with Crippen LogP contribution in [0.4, 0.5) is 0 Å². The standard InChI is InChI=1S/C20H32N4O3/c1-2-21-19(24-15-20(9-12-25)10-13-27-16-20)23-14-18(26)22-11-8-17-6-4-3-5-7-17/h3-7,25H,2,8-16H2,1H3,(H,22,26)(H2,21,23,24). The minimum atomic E-state index is -0.0996. The van der Waals surface area contributed by atoms with Gasteiger partial charge in [-0.2, -0.15) is 0 Å². The normalized spacial score (nSPS) is 19.7. The van der Waals surface area contributed by atoms with Gasteiger partial charge in [-0.15, -0.1) is 0 Å². The number of carbonyl (C=O) groups excluding carboxylic acids is 1. The lowest BCUT2D eigenvalue weighted by Gasteiger charge is -2.27. The summed E-state index contributed by atoms with van der Waals surface area (Å²) in [7, 11) is 0. The smallest absolute Gasteiger partial charge is 0.241 e. The van der Waals surface area contributed by atoms with Crippen LogP contribution in [0.25, 0.3) is 0 Å². The average Bonchev–Trinajstić information content (AvgIpc) is 3.14. The van der Waals surface area contributed by atoms with E-state index < -0.39 is 0 Å². The maximum absolute atomic E-state index is 12.0. The number of guanidine groups is 1. The molecule has 1 amide bonds. The number of ether oxygens (including phenoxy) is 1. The first-order valence-corrected chi connectivity index (χ1v) is 9.69. The molecule has 27 heavy (non-hydrogen) atoms. The minimum absolute atomic E-state index is 0.0666. The van der Waals surface area contributed by atoms with Gasteiger partial charge in [-0.05, 0) is 31.7 Å². The van der Waals surface area contributed by atoms with Gasteiger partial charge in [0.2, 0.25) is 5.91 Å². The fraction of sp³-hybridized carbons (Fsp3) is 0.600. The number of nitrogens with one attached hydrogen (secondary N) is 3. The molecule has 7 heteroatoms. The molecule has 1 fully saturated rings. The predicted molar refractivity (Wildman–Crippen MR) is 107 cm³/mol. The van der Waals surface area contributed by atoms with Crippen molar-refractivity contribution in [3.05, 3.63) is 35.9 Å². The maximum atomic E-state index is 12.0. The number of aliphatic imine (C=N–C) groups is 1. The van der Waals surface area contributed by atoms with Crippen LogP contribution in [0.5, 0.6) is 0 Å². The van der Waals surface area contributed by atoms with Crippen molar-refractivity contribution < 1.29 is 14.6 Å². The van der Waals surface area contributed by atoms with E-state index in [-0.39, 0.29) is 24.5 Å². The van der Waals surface area contributed by atoms with Crippen LogP contribution >= 0.6 is 0 Å². The zero-order valence-electron chi connectivity index (χ0n) is 16.2. The van der Waals surface area contributed by atoms with Crippen LogP contribution in [0.3, 0.4) is 0 Å². The Labute approximate surface area is 161 Å². The first-order valence-electron chi connectivity index (χ1n) is 9.69. The molecule has 1 aromatic rings. The number of nitrogens with zero attached hydrogens (tertiary/aromatic N) is 1. The van der Waals surface area contributed by atoms with Crippen LogP contribution in [-0.2, 0) is 16.0 Å². The molecule has 0 bridgehead atoms. The third kappa shape index (κ3) is 7.56. The van der Waals surface area contributed by atoms with Gasteiger partial charge < -0.3 is 25.8 Å². The Bertz CT molecular complexity index is 586. The summed E-state index contributed by atoms with van der Waals surface area (Å²) in [4.78, 5) is 16.4. The Morgan fingerprint density at radius 3 is 2.74 bits per heavy atom. The molecule has 0 spiro atoms. The highest BCUT2D eigenvalue weighted by Gasteiger charge is 2.34. The Kier molecular flexibility index (Phi) is 9.07. The van der Waals surface area contributed by atoms with Crippen molar-refractivity contribution in [3.63, 3.8) is 0 Å². The molecule has 0 radical (unpaired) electrons. The molecule has 7 nitrogen and oxygen atoms in total. The van der Waals surface area contributed by atoms with E-state index in [0.717, 1.165) is 19.4 Å². The lowest BCUT2D eigenvalue weighted by molar-refractivity contribution is -0.119. The molecule has 0 saturated carbocycles. The van der Waals surface area contributed by atoms with Crippen molar-refractivity contribution >= 4 is 11.9 Å². The highest BCUT2D eigenvalue weighted by Crippen LogP contribution is 2.31. The molecule has 1 unspecified atom stereocenters. The second kappa shape index (κ2) is 11.6. The monoisotopic (exact) mass is 376 g/mol. The van der Waals surface area contributed by atoms with Gasteiger partial charge in [0.25, 0.3) is 0 Å². The third-order valence-corrected chi connectivity index (χ3v) is 4.76. The topological polar surface area (TPSA) is 95.0 Å². The molecule has 0 aromatic heterocycles. The van der Waals surface area contributed by atoms with Crippen molar-refractivity contribution in [1.82, 2.24) is 16.0 Å². The summed E-state index contributed by atoms with van der Waals surface area (Å²) in [6.45, 7) is 5.54. The van der Waals surface area contributed by atoms with E-state index in [1.54, 1.807) is 0 Å². The van der Waals surface area contributed by atoms with Gasteiger partial charge in [-0.25, -0.2) is 4.99 Å². The van der Waals surface area contributed by atoms with Gasteiger partial charge in [0.15, 0.2) is 5.96 Å². The van der Waals surface area contributed by atoms with Crippen molar-refractivity contribution in [1.29, 1.82) is 0 Å². The highest BCUT2D eigenvalue weighted by atomic mass is 16.5. The first kappa shape index (κ1) is 21.2. The molecule has 4 N–H and O–H groups in total. The van der Waals surface area contributed by atoms with Gasteiger partial charge in [0.1, 0.15) is 6.54 Å². The number of hydrogen-bond donors (Lipinski definition) is 4. The van der Waals surface area contributed by atoms with Gasteiger partial charge in [-0.3, -0.25) is 4.79 Å². The summed E-state index contributed by atoms with van der Waals surface area (Å²) in [5.74, 6) is 0.511. The lowest BCUT2D eigenvalue weighted by atomic mass is 9.84. The van der Waals surface area contributed by atoms with E-state index >= 15 is 0 Å². The average molecular weight is 377 g/mol. The zero-order valence-corrected chi connectivity index (χ0v) is 16.2. The zero-order chi connectivity index (χ0) is 19.4. The Balaban J connectivity index is 1.77. The fourth-order valence-corrected chi connectivity index (χ4v) is 3.12. The largest absolute Gasteiger partial charge is 0.396 e. The van der Waals surface area contributed by atoms with Crippen LogP contribution in [-0.4, -0.2) is 63.0 Å². The molecular formula is C20H32N4O3. The van der Waals surface area contributed by atoms with Gasteiger partial charge in [0.05, 0.1) is 6.61 Å². The van der Waals surface area contributed by atoms with Crippen LogP contribution < -0.4 is 16.0 Å². The van der Waals surface area contributed by atoms with Crippen molar-refractivity contribution in [2.45, 2.75) is 26.2 Å². The molecular weight excluding hydrogens is 344 g/mol. The number of amides is 1. The number of hydrogen-bond acceptors (Lipinski definition) is 4. The fourth-order valence-electron chi connectivity index (χ4n) is 3.12. The van der Waals surface area contributed by atoms with Crippen LogP contribution in [0.1, 0.15) is 25.3 Å². The summed E-state index contributed by atoms with van der Waals surface area (Å²) >= 11 is 0. The highest BCUT2D eigenvalue weighted by molar-refractivity contribution is 5.84. The summed E-state index contributed by atoms with van der Waals surface area (Å²) < 4.78 is 5.51. The molecule has 1 saturated heterocycles. The number of aliphatic hydroxyl groups is 1. The molecule has 1 aromatic carbocycles. The Morgan fingerprint density at radius 1 is 1.26 bits per heavy atom. The van der Waals surface area contributed by atoms with E-state index in [9.17, 15) is 9.90 Å². The van der Waals surface area contributed by atoms with E-state index in [2.05, 4.69) is 20.9 Å². The van der Waals surface area contributed by atoms with E-state index in [4.69, 9.17) is 4.74 Å². The summed E-state index contributed by atoms with van der Waals surface area (Å²) in [5, 5.41) is 18.7. The van der Waals surface area contributed by atoms with Crippen molar-refractivity contribution in [2.24, 2.45) is 10.4 Å². The van der Waals surface area contributed by atoms with Crippen molar-refractivity contribution in [3.8, 4) is 0 Å². The first-order chi connectivity index (χ1) is 13.2. The van der Waals surface area contributed by atoms with Crippen LogP contribution in [0.2, 0.25) is 0 Å². The molecule has 150 valence electrons. The number of aliphatic hydroxyl groups excluding tert-OH is 1. The van der Waals surface area contributed by atoms with Gasteiger partial charge in [0, 0.05) is 38.3 Å². The summed E-state index contributed by atoms with van der Waals surface area (Å²) in [6.07, 6.45) is 2.41. The molecule has 2 rings (SSSR count). The number of benzene rings is 1. The van der Waals surface area contributed by atoms with E-state index in [1.165, 1.54) is 5.56 Å². The predicted octanol–water partition coefficient (Wildman–Crippen LogP) is 0.690. The molecule has 1 aliphatic heterocycles. The van der Waals surface area contributed by atoms with Crippen molar-refractivity contribution in [2.75, 3.05) is 46.0 Å². The Morgan fingerprint density at radius 2 is 2.07 bits per heavy atom. The number of rotatable bonds is 10. The second-order valence-electron chi connectivity index (χ2n) is 6.91. The quantitative estimate of drug-likeness (QED) is 0.356. The SMILES string of the molecule is CCNC(=NCC(=O)NCCc1ccccc1)NCC1(CCO)CCOC1. The van der Waals surface area contributed by atoms with Crippen LogP contribution in [0.15, 0.2) is 35.3 Å². The van der Waals surface area contributed by atoms with Gasteiger partial charge >= 0.3 is 0 Å². The number of carbonyl (C=O) groups is 1. The molecule has 0 aliphatic carbocycles. The molecule has 1 heterocycles. The van der Waals surface area contributed by atoms with Crippen LogP contribution in [0, 0.1) is 5.41 Å². The summed E-state index contributed by atoms with van der Waals surface area (Å²) in [5.41, 5.74) is 1.13. The van der Waals surface area contributed by atoms with Gasteiger partial charge in [-0.1, -0.05) is 30.3 Å². The third-order valence-electron chi connectivity index (χ3n) is 4.76. The molecule has 1 aliphatic rings. The minimum Gasteiger partial charge on any atom is -0.396 e. The second-order valence-corrected chi connectivity index (χ2v) is 6.91. The Hall–Kier alpha value is -2.12. The molecule has 1 atom stereocenters. The van der Waals surface area contributed by atoms with E-state index in [1.807, 2.05) is 37.3 Å². The summed E-state index contributed by atoms with van der Waals surface area (Å²) in [6, 6.07) is 10.1. The maximum Gasteiger partial charge on any atom is 0.241 e. The van der Waals surface area contributed by atoms with E-state index in [0.29, 0.717) is 38.6 Å².